The first-order valence-electron chi connectivity index (χ1n) is 13.5. The number of ether oxygens (including phenoxy) is 3. The van der Waals surface area contributed by atoms with Crippen molar-refractivity contribution in [3.05, 3.63) is 64.0 Å². The molecule has 1 unspecified atom stereocenters. The number of allylic oxidation sites excluding steroid dienone is 1. The van der Waals surface area contributed by atoms with Crippen molar-refractivity contribution in [2.24, 2.45) is 0 Å². The van der Waals surface area contributed by atoms with Gasteiger partial charge in [-0.2, -0.15) is 0 Å². The van der Waals surface area contributed by atoms with Crippen molar-refractivity contribution in [2.75, 3.05) is 45.9 Å². The SMILES string of the molecule is CCOC(=O)C1=C(C)NC(CN2CCNCC2)=C(C(=O)OCC)C1c1ccccc1/C=C/C(=O)OC(C)(C)C.Cl.Cl. The van der Waals surface area contributed by atoms with Gasteiger partial charge < -0.3 is 24.8 Å². The summed E-state index contributed by atoms with van der Waals surface area (Å²) in [4.78, 5) is 41.6. The van der Waals surface area contributed by atoms with Crippen LogP contribution in [0, 0.1) is 0 Å². The van der Waals surface area contributed by atoms with Gasteiger partial charge in [-0.05, 0) is 58.7 Å². The van der Waals surface area contributed by atoms with E-state index < -0.39 is 29.4 Å². The molecule has 41 heavy (non-hydrogen) atoms. The second kappa shape index (κ2) is 16.6. The standard InChI is InChI=1S/C30H41N3O6.2ClH/c1-7-37-28(35)25-20(3)32-23(19-33-17-15-31-16-18-33)27(29(36)38-8-2)26(25)22-12-10-9-11-21(22)13-14-24(34)39-30(4,5)6;;/h9-14,26,31-32H,7-8,15-19H2,1-6H3;2*1H/b14-13+;;. The van der Waals surface area contributed by atoms with Gasteiger partial charge in [0.25, 0.3) is 0 Å². The van der Waals surface area contributed by atoms with Crippen LogP contribution in [-0.2, 0) is 28.6 Å². The van der Waals surface area contributed by atoms with Gasteiger partial charge in [0.05, 0.1) is 30.3 Å². The van der Waals surface area contributed by atoms with Crippen LogP contribution in [0.5, 0.6) is 0 Å². The molecule has 2 N–H and O–H groups in total. The highest BCUT2D eigenvalue weighted by molar-refractivity contribution is 6.00. The summed E-state index contributed by atoms with van der Waals surface area (Å²) in [5.74, 6) is -2.26. The van der Waals surface area contributed by atoms with Crippen LogP contribution in [0.4, 0.5) is 0 Å². The average Bonchev–Trinajstić information content (AvgIpc) is 2.87. The molecule has 0 saturated carbocycles. The van der Waals surface area contributed by atoms with Gasteiger partial charge in [-0.1, -0.05) is 24.3 Å². The number of dihydropyridines is 1. The van der Waals surface area contributed by atoms with Gasteiger partial charge >= 0.3 is 17.9 Å². The van der Waals surface area contributed by atoms with Crippen molar-refractivity contribution in [1.29, 1.82) is 0 Å². The zero-order chi connectivity index (χ0) is 28.6. The average molecular weight is 613 g/mol. The first-order chi connectivity index (χ1) is 18.6. The summed E-state index contributed by atoms with van der Waals surface area (Å²) in [5, 5.41) is 6.69. The lowest BCUT2D eigenvalue weighted by atomic mass is 9.78. The molecule has 1 aromatic carbocycles. The topological polar surface area (TPSA) is 106 Å². The summed E-state index contributed by atoms with van der Waals surface area (Å²) in [6, 6.07) is 7.39. The minimum Gasteiger partial charge on any atom is -0.463 e. The molecule has 2 aliphatic rings. The molecule has 2 aliphatic heterocycles. The van der Waals surface area contributed by atoms with Crippen molar-refractivity contribution in [1.82, 2.24) is 15.5 Å². The minimum atomic E-state index is -0.762. The van der Waals surface area contributed by atoms with Crippen LogP contribution < -0.4 is 10.6 Å². The number of hydrogen-bond donors (Lipinski definition) is 2. The summed E-state index contributed by atoms with van der Waals surface area (Å²) in [5.41, 5.74) is 2.73. The number of halogens is 2. The van der Waals surface area contributed by atoms with Gasteiger partial charge in [0.2, 0.25) is 0 Å². The van der Waals surface area contributed by atoms with Crippen LogP contribution in [0.1, 0.15) is 58.6 Å². The predicted octanol–water partition coefficient (Wildman–Crippen LogP) is 4.13. The summed E-state index contributed by atoms with van der Waals surface area (Å²) < 4.78 is 16.4. The highest BCUT2D eigenvalue weighted by Gasteiger charge is 2.40. The maximum Gasteiger partial charge on any atom is 0.336 e. The molecule has 0 aliphatic carbocycles. The van der Waals surface area contributed by atoms with Crippen LogP contribution in [0.15, 0.2) is 52.9 Å². The van der Waals surface area contributed by atoms with E-state index >= 15 is 0 Å². The van der Waals surface area contributed by atoms with Crippen LogP contribution in [0.2, 0.25) is 0 Å². The molecule has 0 radical (unpaired) electrons. The zero-order valence-electron chi connectivity index (χ0n) is 24.7. The number of rotatable bonds is 9. The summed E-state index contributed by atoms with van der Waals surface area (Å²) in [6.45, 7) is 15.0. The number of carbonyl (C=O) groups excluding carboxylic acids is 3. The molecular formula is C30H43Cl2N3O6. The Labute approximate surface area is 255 Å². The number of carbonyl (C=O) groups is 3. The lowest BCUT2D eigenvalue weighted by Crippen LogP contribution is -2.46. The molecule has 1 atom stereocenters. The maximum absolute atomic E-state index is 13.6. The van der Waals surface area contributed by atoms with Crippen LogP contribution >= 0.6 is 24.8 Å². The Morgan fingerprint density at radius 2 is 1.56 bits per heavy atom. The third-order valence-electron chi connectivity index (χ3n) is 6.34. The normalized spacial score (nSPS) is 17.8. The van der Waals surface area contributed by atoms with Crippen LogP contribution in [0.25, 0.3) is 6.08 Å². The minimum absolute atomic E-state index is 0. The number of piperazine rings is 1. The Bertz CT molecular complexity index is 1170. The van der Waals surface area contributed by atoms with Crippen molar-refractivity contribution < 1.29 is 28.6 Å². The summed E-state index contributed by atoms with van der Waals surface area (Å²) >= 11 is 0. The van der Waals surface area contributed by atoms with Gasteiger partial charge in [0.1, 0.15) is 5.60 Å². The van der Waals surface area contributed by atoms with E-state index in [4.69, 9.17) is 14.2 Å². The molecular weight excluding hydrogens is 569 g/mol. The Morgan fingerprint density at radius 1 is 0.976 bits per heavy atom. The number of nitrogens with one attached hydrogen (secondary N) is 2. The van der Waals surface area contributed by atoms with E-state index in [1.165, 1.54) is 6.08 Å². The second-order valence-electron chi connectivity index (χ2n) is 10.5. The molecule has 0 amide bonds. The van der Waals surface area contributed by atoms with E-state index in [0.717, 1.165) is 26.2 Å². The Hall–Kier alpha value is -2.85. The maximum atomic E-state index is 13.6. The van der Waals surface area contributed by atoms with Crippen molar-refractivity contribution in [3.8, 4) is 0 Å². The molecule has 0 aromatic heterocycles. The van der Waals surface area contributed by atoms with Gasteiger partial charge in [-0.3, -0.25) is 4.90 Å². The Balaban J connectivity index is 0.00000420. The summed E-state index contributed by atoms with van der Waals surface area (Å²) in [7, 11) is 0. The van der Waals surface area contributed by atoms with Crippen molar-refractivity contribution in [3.63, 3.8) is 0 Å². The molecule has 0 spiro atoms. The third kappa shape index (κ3) is 9.88. The zero-order valence-corrected chi connectivity index (χ0v) is 26.3. The fourth-order valence-electron chi connectivity index (χ4n) is 4.77. The first-order valence-corrected chi connectivity index (χ1v) is 13.5. The van der Waals surface area contributed by atoms with E-state index in [0.29, 0.717) is 40.2 Å². The first kappa shape index (κ1) is 36.2. The molecule has 1 aromatic rings. The number of benzene rings is 1. The summed E-state index contributed by atoms with van der Waals surface area (Å²) in [6.07, 6.45) is 3.02. The number of hydrogen-bond acceptors (Lipinski definition) is 9. The van der Waals surface area contributed by atoms with E-state index in [1.807, 2.05) is 31.2 Å². The largest absolute Gasteiger partial charge is 0.463 e. The monoisotopic (exact) mass is 611 g/mol. The molecule has 1 saturated heterocycles. The predicted molar refractivity (Wildman–Crippen MR) is 164 cm³/mol. The number of nitrogens with zero attached hydrogens (tertiary/aromatic N) is 1. The van der Waals surface area contributed by atoms with Gasteiger partial charge in [0.15, 0.2) is 0 Å². The van der Waals surface area contributed by atoms with Crippen molar-refractivity contribution >= 4 is 48.8 Å². The highest BCUT2D eigenvalue weighted by atomic mass is 35.5. The van der Waals surface area contributed by atoms with E-state index in [-0.39, 0.29) is 38.0 Å². The molecule has 11 heteroatoms. The molecule has 0 bridgehead atoms. The van der Waals surface area contributed by atoms with Crippen LogP contribution in [0.3, 0.4) is 0 Å². The van der Waals surface area contributed by atoms with Gasteiger partial charge in [-0.15, -0.1) is 24.8 Å². The fourth-order valence-corrected chi connectivity index (χ4v) is 4.77. The molecule has 2 heterocycles. The second-order valence-corrected chi connectivity index (χ2v) is 10.5. The molecule has 3 rings (SSSR count). The highest BCUT2D eigenvalue weighted by Crippen LogP contribution is 2.41. The van der Waals surface area contributed by atoms with E-state index in [9.17, 15) is 14.4 Å². The van der Waals surface area contributed by atoms with Gasteiger partial charge in [-0.25, -0.2) is 14.4 Å². The Morgan fingerprint density at radius 3 is 2.15 bits per heavy atom. The molecule has 9 nitrogen and oxygen atoms in total. The van der Waals surface area contributed by atoms with Gasteiger partial charge in [0, 0.05) is 50.2 Å². The lowest BCUT2D eigenvalue weighted by Gasteiger charge is -2.35. The number of esters is 3. The molecule has 228 valence electrons. The Kier molecular flexibility index (Phi) is 14.6. The van der Waals surface area contributed by atoms with Crippen molar-refractivity contribution in [2.45, 2.75) is 53.1 Å². The fraction of sp³-hybridized carbons (Fsp3) is 0.500. The quantitative estimate of drug-likeness (QED) is 0.242. The smallest absolute Gasteiger partial charge is 0.336 e. The van der Waals surface area contributed by atoms with E-state index in [1.54, 1.807) is 40.7 Å². The lowest BCUT2D eigenvalue weighted by molar-refractivity contribution is -0.148. The third-order valence-corrected chi connectivity index (χ3v) is 6.34. The molecule has 1 fully saturated rings. The van der Waals surface area contributed by atoms with E-state index in [2.05, 4.69) is 15.5 Å². The van der Waals surface area contributed by atoms with Crippen LogP contribution in [-0.4, -0.2) is 74.3 Å².